The molecule has 0 radical (unpaired) electrons. The first-order chi connectivity index (χ1) is 10.3. The van der Waals surface area contributed by atoms with Crippen LogP contribution in [0.2, 0.25) is 0 Å². The van der Waals surface area contributed by atoms with E-state index in [0.29, 0.717) is 6.42 Å². The summed E-state index contributed by atoms with van der Waals surface area (Å²) in [5, 5.41) is 9.85. The van der Waals surface area contributed by atoms with Crippen molar-refractivity contribution in [3.05, 3.63) is 65.9 Å². The molecule has 0 bridgehead atoms. The second kappa shape index (κ2) is 6.51. The molecule has 0 aliphatic rings. The van der Waals surface area contributed by atoms with E-state index in [1.165, 1.54) is 4.90 Å². The van der Waals surface area contributed by atoms with E-state index in [1.54, 1.807) is 0 Å². The van der Waals surface area contributed by atoms with Crippen molar-refractivity contribution >= 4 is 22.7 Å². The summed E-state index contributed by atoms with van der Waals surface area (Å²) in [6.45, 7) is 0. The molecule has 104 valence electrons. The van der Waals surface area contributed by atoms with Crippen LogP contribution in [0.15, 0.2) is 63.9 Å². The average molecular weight is 293 g/mol. The summed E-state index contributed by atoms with van der Waals surface area (Å²) in [6.07, 6.45) is 1.33. The molecule has 1 aromatic heterocycles. The van der Waals surface area contributed by atoms with E-state index < -0.39 is 0 Å². The summed E-state index contributed by atoms with van der Waals surface area (Å²) in [5.74, 6) is 2.00. The van der Waals surface area contributed by atoms with E-state index in [4.69, 9.17) is 9.68 Å². The van der Waals surface area contributed by atoms with E-state index >= 15 is 0 Å². The zero-order valence-electron chi connectivity index (χ0n) is 11.6. The van der Waals surface area contributed by atoms with E-state index in [1.807, 2.05) is 36.0 Å². The largest absolute Gasteiger partial charge is 0.461 e. The molecule has 0 unspecified atom stereocenters. The minimum Gasteiger partial charge on any atom is -0.461 e. The van der Waals surface area contributed by atoms with Crippen molar-refractivity contribution in [2.24, 2.45) is 0 Å². The van der Waals surface area contributed by atoms with Crippen LogP contribution in [0, 0.1) is 11.3 Å². The number of furan rings is 1. The zero-order chi connectivity index (χ0) is 14.5. The van der Waals surface area contributed by atoms with Gasteiger partial charge in [-0.3, -0.25) is 0 Å². The Labute approximate surface area is 128 Å². The Morgan fingerprint density at radius 1 is 1.05 bits per heavy atom. The number of rotatable bonds is 5. The summed E-state index contributed by atoms with van der Waals surface area (Å²) in [4.78, 5) is 1.28. The van der Waals surface area contributed by atoms with Crippen LogP contribution in [0.5, 0.6) is 0 Å². The summed E-state index contributed by atoms with van der Waals surface area (Å²) in [6, 6.07) is 20.6. The quantitative estimate of drug-likeness (QED) is 0.632. The van der Waals surface area contributed by atoms with Gasteiger partial charge in [0.05, 0.1) is 12.5 Å². The third-order valence-electron chi connectivity index (χ3n) is 3.28. The van der Waals surface area contributed by atoms with Gasteiger partial charge in [-0.1, -0.05) is 30.3 Å². The van der Waals surface area contributed by atoms with Gasteiger partial charge in [0, 0.05) is 22.5 Å². The van der Waals surface area contributed by atoms with Crippen LogP contribution in [-0.4, -0.2) is 5.75 Å². The first-order valence-electron chi connectivity index (χ1n) is 6.91. The molecule has 1 heterocycles. The normalized spacial score (nSPS) is 10.6. The molecular weight excluding hydrogens is 278 g/mol. The van der Waals surface area contributed by atoms with Gasteiger partial charge in [-0.05, 0) is 29.8 Å². The van der Waals surface area contributed by atoms with Gasteiger partial charge < -0.3 is 4.42 Å². The number of hydrogen-bond donors (Lipinski definition) is 0. The van der Waals surface area contributed by atoms with Crippen LogP contribution < -0.4 is 0 Å². The van der Waals surface area contributed by atoms with Crippen LogP contribution >= 0.6 is 11.8 Å². The fourth-order valence-electron chi connectivity index (χ4n) is 2.24. The molecule has 0 aliphatic carbocycles. The maximum atomic E-state index is 8.74. The van der Waals surface area contributed by atoms with Gasteiger partial charge in [-0.25, -0.2) is 0 Å². The molecule has 0 amide bonds. The third kappa shape index (κ3) is 3.48. The van der Waals surface area contributed by atoms with E-state index in [0.717, 1.165) is 34.5 Å². The second-order valence-corrected chi connectivity index (χ2v) is 6.00. The number of hydrogen-bond acceptors (Lipinski definition) is 3. The highest BCUT2D eigenvalue weighted by molar-refractivity contribution is 7.99. The Morgan fingerprint density at radius 3 is 2.71 bits per heavy atom. The fourth-order valence-corrected chi connectivity index (χ4v) is 3.13. The van der Waals surface area contributed by atoms with E-state index in [2.05, 4.69) is 36.4 Å². The Hall–Kier alpha value is -2.18. The van der Waals surface area contributed by atoms with Gasteiger partial charge in [-0.2, -0.15) is 5.26 Å². The highest BCUT2D eigenvalue weighted by Gasteiger charge is 2.05. The molecule has 2 aromatic carbocycles. The Balaban J connectivity index is 1.66. The lowest BCUT2D eigenvalue weighted by atomic mass is 10.1. The molecule has 3 aromatic rings. The summed E-state index contributed by atoms with van der Waals surface area (Å²) < 4.78 is 5.87. The minimum atomic E-state index is 0.426. The first-order valence-corrected chi connectivity index (χ1v) is 7.90. The van der Waals surface area contributed by atoms with Crippen molar-refractivity contribution in [3.8, 4) is 6.07 Å². The maximum Gasteiger partial charge on any atom is 0.134 e. The van der Waals surface area contributed by atoms with E-state index in [-0.39, 0.29) is 0 Å². The topological polar surface area (TPSA) is 36.9 Å². The molecule has 0 spiro atoms. The molecule has 0 atom stereocenters. The van der Waals surface area contributed by atoms with Crippen molar-refractivity contribution in [2.45, 2.75) is 17.7 Å². The fraction of sp³-hybridized carbons (Fsp3) is 0.167. The maximum absolute atomic E-state index is 8.74. The lowest BCUT2D eigenvalue weighted by Gasteiger charge is -1.99. The molecule has 3 heteroatoms. The van der Waals surface area contributed by atoms with Crippen LogP contribution in [0.3, 0.4) is 0 Å². The van der Waals surface area contributed by atoms with Gasteiger partial charge >= 0.3 is 0 Å². The minimum absolute atomic E-state index is 0.426. The Kier molecular flexibility index (Phi) is 4.28. The van der Waals surface area contributed by atoms with Crippen LogP contribution in [0.1, 0.15) is 11.3 Å². The summed E-state index contributed by atoms with van der Waals surface area (Å²) >= 11 is 1.83. The van der Waals surface area contributed by atoms with Gasteiger partial charge in [0.25, 0.3) is 0 Å². The second-order valence-electron chi connectivity index (χ2n) is 4.83. The monoisotopic (exact) mass is 293 g/mol. The van der Waals surface area contributed by atoms with Gasteiger partial charge in [0.1, 0.15) is 11.3 Å². The average Bonchev–Trinajstić information content (AvgIpc) is 2.91. The van der Waals surface area contributed by atoms with Crippen LogP contribution in [0.25, 0.3) is 11.0 Å². The third-order valence-corrected chi connectivity index (χ3v) is 4.29. The van der Waals surface area contributed by atoms with Crippen molar-refractivity contribution in [1.29, 1.82) is 5.26 Å². The first kappa shape index (κ1) is 13.8. The number of nitrogens with zero attached hydrogens (tertiary/aromatic N) is 1. The van der Waals surface area contributed by atoms with Crippen LogP contribution in [0.4, 0.5) is 0 Å². The van der Waals surface area contributed by atoms with Crippen molar-refractivity contribution in [1.82, 2.24) is 0 Å². The number of aryl methyl sites for hydroxylation is 1. The Bertz CT molecular complexity index is 771. The summed E-state index contributed by atoms with van der Waals surface area (Å²) in [5.41, 5.74) is 1.88. The number of nitriles is 1. The molecule has 0 N–H and O–H groups in total. The standard InChI is InChI=1S/C18H15NOS/c19-10-8-14-6-7-15-13-16(20-18(15)12-14)9-11-21-17-4-2-1-3-5-17/h1-7,12-13H,8-9,11H2. The smallest absolute Gasteiger partial charge is 0.134 e. The summed E-state index contributed by atoms with van der Waals surface area (Å²) in [7, 11) is 0. The van der Waals surface area contributed by atoms with Crippen molar-refractivity contribution < 1.29 is 4.42 Å². The SMILES string of the molecule is N#CCc1ccc2cc(CCSc3ccccc3)oc2c1. The molecule has 2 nitrogen and oxygen atoms in total. The number of benzene rings is 2. The molecule has 3 rings (SSSR count). The predicted molar refractivity (Wildman–Crippen MR) is 86.4 cm³/mol. The molecule has 0 fully saturated rings. The molecule has 0 saturated carbocycles. The van der Waals surface area contributed by atoms with Gasteiger partial charge in [-0.15, -0.1) is 11.8 Å². The van der Waals surface area contributed by atoms with Gasteiger partial charge in [0.2, 0.25) is 0 Å². The molecule has 21 heavy (non-hydrogen) atoms. The zero-order valence-corrected chi connectivity index (χ0v) is 12.4. The van der Waals surface area contributed by atoms with Crippen molar-refractivity contribution in [2.75, 3.05) is 5.75 Å². The number of fused-ring (bicyclic) bond motifs is 1. The highest BCUT2D eigenvalue weighted by atomic mass is 32.2. The van der Waals surface area contributed by atoms with Crippen molar-refractivity contribution in [3.63, 3.8) is 0 Å². The lowest BCUT2D eigenvalue weighted by molar-refractivity contribution is 0.558. The predicted octanol–water partition coefficient (Wildman–Crippen LogP) is 4.83. The molecule has 0 aliphatic heterocycles. The highest BCUT2D eigenvalue weighted by Crippen LogP contribution is 2.24. The van der Waals surface area contributed by atoms with Crippen LogP contribution in [-0.2, 0) is 12.8 Å². The Morgan fingerprint density at radius 2 is 1.90 bits per heavy atom. The van der Waals surface area contributed by atoms with Gasteiger partial charge in [0.15, 0.2) is 0 Å². The molecule has 0 saturated heterocycles. The lowest BCUT2D eigenvalue weighted by Crippen LogP contribution is -1.85. The number of thioether (sulfide) groups is 1. The molecular formula is C18H15NOS. The van der Waals surface area contributed by atoms with E-state index in [9.17, 15) is 0 Å².